The lowest BCUT2D eigenvalue weighted by Gasteiger charge is -2.16. The van der Waals surface area contributed by atoms with Crippen LogP contribution >= 0.6 is 22.9 Å². The summed E-state index contributed by atoms with van der Waals surface area (Å²) in [6, 6.07) is 8.09. The summed E-state index contributed by atoms with van der Waals surface area (Å²) in [7, 11) is 0. The average molecular weight is 293 g/mol. The Morgan fingerprint density at radius 1 is 1.47 bits per heavy atom. The van der Waals surface area contributed by atoms with Crippen molar-refractivity contribution in [3.63, 3.8) is 0 Å². The number of anilines is 2. The largest absolute Gasteiger partial charge is 0.376 e. The summed E-state index contributed by atoms with van der Waals surface area (Å²) in [6.45, 7) is 2.10. The minimum absolute atomic E-state index is 0.0227. The van der Waals surface area contributed by atoms with Gasteiger partial charge in [-0.15, -0.1) is 11.3 Å². The predicted octanol–water partition coefficient (Wildman–Crippen LogP) is 4.07. The van der Waals surface area contributed by atoms with E-state index in [-0.39, 0.29) is 11.9 Å². The number of hydrogen-bond donors (Lipinski definition) is 2. The fourth-order valence-corrected chi connectivity index (χ4v) is 3.15. The summed E-state index contributed by atoms with van der Waals surface area (Å²) in [5.41, 5.74) is 2.69. The van der Waals surface area contributed by atoms with Crippen LogP contribution in [-0.4, -0.2) is 5.91 Å². The molecule has 0 aliphatic carbocycles. The summed E-state index contributed by atoms with van der Waals surface area (Å²) in [5.74, 6) is 0.0227. The molecule has 0 fully saturated rings. The molecule has 5 heteroatoms. The number of carbonyl (C=O) groups is 1. The van der Waals surface area contributed by atoms with Crippen LogP contribution in [0.4, 0.5) is 11.4 Å². The molecule has 1 aliphatic heterocycles. The summed E-state index contributed by atoms with van der Waals surface area (Å²) in [6.07, 6.45) is 0.425. The Hall–Kier alpha value is -1.52. The summed E-state index contributed by atoms with van der Waals surface area (Å²) in [5, 5.41) is 8.88. The van der Waals surface area contributed by atoms with E-state index < -0.39 is 0 Å². The topological polar surface area (TPSA) is 41.1 Å². The molecule has 2 aromatic rings. The predicted molar refractivity (Wildman–Crippen MR) is 80.1 cm³/mol. The first kappa shape index (κ1) is 12.5. The van der Waals surface area contributed by atoms with Gasteiger partial charge in [-0.05, 0) is 36.1 Å². The van der Waals surface area contributed by atoms with E-state index >= 15 is 0 Å². The van der Waals surface area contributed by atoms with Gasteiger partial charge in [-0.3, -0.25) is 4.79 Å². The van der Waals surface area contributed by atoms with Crippen LogP contribution in [0, 0.1) is 0 Å². The van der Waals surface area contributed by atoms with Crippen molar-refractivity contribution >= 4 is 40.2 Å². The lowest BCUT2D eigenvalue weighted by Crippen LogP contribution is -2.05. The highest BCUT2D eigenvalue weighted by molar-refractivity contribution is 7.10. The molecule has 19 heavy (non-hydrogen) atoms. The highest BCUT2D eigenvalue weighted by atomic mass is 35.5. The quantitative estimate of drug-likeness (QED) is 0.895. The Morgan fingerprint density at radius 3 is 3.05 bits per heavy atom. The van der Waals surface area contributed by atoms with Crippen molar-refractivity contribution in [1.29, 1.82) is 0 Å². The summed E-state index contributed by atoms with van der Waals surface area (Å²) >= 11 is 7.96. The smallest absolute Gasteiger partial charge is 0.228 e. The number of fused-ring (bicyclic) bond motifs is 1. The van der Waals surface area contributed by atoms with Gasteiger partial charge in [0, 0.05) is 10.6 Å². The molecule has 1 aromatic heterocycles. The molecule has 0 saturated carbocycles. The zero-order valence-electron chi connectivity index (χ0n) is 10.4. The standard InChI is InChI=1S/C14H13ClN2OS/c1-8(13-3-2-4-19-13)16-12-5-9-6-14(18)17-11(9)7-10(12)15/h2-5,7-8,16H,6H2,1H3,(H,17,18). The molecule has 1 atom stereocenters. The van der Waals surface area contributed by atoms with Crippen molar-refractivity contribution in [3.8, 4) is 0 Å². The molecule has 1 aromatic carbocycles. The Bertz CT molecular complexity index is 625. The van der Waals surface area contributed by atoms with Crippen LogP contribution in [0.15, 0.2) is 29.6 Å². The van der Waals surface area contributed by atoms with Crippen molar-refractivity contribution in [2.45, 2.75) is 19.4 Å². The maximum Gasteiger partial charge on any atom is 0.228 e. The van der Waals surface area contributed by atoms with E-state index in [1.807, 2.05) is 18.2 Å². The van der Waals surface area contributed by atoms with Gasteiger partial charge >= 0.3 is 0 Å². The molecule has 98 valence electrons. The van der Waals surface area contributed by atoms with E-state index in [1.54, 1.807) is 11.3 Å². The molecule has 3 rings (SSSR count). The van der Waals surface area contributed by atoms with E-state index in [9.17, 15) is 4.79 Å². The number of amides is 1. The second-order valence-electron chi connectivity index (χ2n) is 4.60. The molecule has 3 nitrogen and oxygen atoms in total. The van der Waals surface area contributed by atoms with E-state index in [0.717, 1.165) is 16.9 Å². The lowest BCUT2D eigenvalue weighted by molar-refractivity contribution is -0.115. The van der Waals surface area contributed by atoms with Crippen LogP contribution in [0.5, 0.6) is 0 Å². The third-order valence-electron chi connectivity index (χ3n) is 3.16. The molecular weight excluding hydrogens is 280 g/mol. The molecule has 1 aliphatic rings. The first-order valence-electron chi connectivity index (χ1n) is 6.05. The summed E-state index contributed by atoms with van der Waals surface area (Å²) < 4.78 is 0. The zero-order valence-corrected chi connectivity index (χ0v) is 11.9. The number of benzene rings is 1. The molecule has 0 bridgehead atoms. The minimum atomic E-state index is 0.0227. The third-order valence-corrected chi connectivity index (χ3v) is 4.53. The SMILES string of the molecule is CC(Nc1cc2c(cc1Cl)NC(=O)C2)c1cccs1. The van der Waals surface area contributed by atoms with Crippen LogP contribution < -0.4 is 10.6 Å². The molecule has 1 amide bonds. The maximum atomic E-state index is 11.4. The van der Waals surface area contributed by atoms with Crippen LogP contribution in [0.2, 0.25) is 5.02 Å². The Kier molecular flexibility index (Phi) is 3.21. The van der Waals surface area contributed by atoms with Gasteiger partial charge in [0.25, 0.3) is 0 Å². The zero-order chi connectivity index (χ0) is 13.4. The third kappa shape index (κ3) is 2.46. The van der Waals surface area contributed by atoms with Crippen LogP contribution in [0.1, 0.15) is 23.4 Å². The summed E-state index contributed by atoms with van der Waals surface area (Å²) in [4.78, 5) is 12.6. The number of hydrogen-bond acceptors (Lipinski definition) is 3. The molecule has 2 heterocycles. The molecule has 0 saturated heterocycles. The highest BCUT2D eigenvalue weighted by Crippen LogP contribution is 2.35. The monoisotopic (exact) mass is 292 g/mol. The number of nitrogens with one attached hydrogen (secondary N) is 2. The normalized spacial score (nSPS) is 14.9. The molecule has 2 N–H and O–H groups in total. The molecule has 0 spiro atoms. The van der Waals surface area contributed by atoms with Crippen molar-refractivity contribution in [2.75, 3.05) is 10.6 Å². The fourth-order valence-electron chi connectivity index (χ4n) is 2.20. The van der Waals surface area contributed by atoms with Gasteiger partial charge in [0.05, 0.1) is 23.2 Å². The molecule has 1 unspecified atom stereocenters. The van der Waals surface area contributed by atoms with Gasteiger partial charge in [-0.2, -0.15) is 0 Å². The Labute approximate surface area is 120 Å². The van der Waals surface area contributed by atoms with Gasteiger partial charge in [-0.25, -0.2) is 0 Å². The van der Waals surface area contributed by atoms with Crippen molar-refractivity contribution in [2.24, 2.45) is 0 Å². The maximum absolute atomic E-state index is 11.4. The van der Waals surface area contributed by atoms with Gasteiger partial charge in [0.1, 0.15) is 0 Å². The fraction of sp³-hybridized carbons (Fsp3) is 0.214. The second kappa shape index (κ2) is 4.87. The van der Waals surface area contributed by atoms with Gasteiger partial charge in [-0.1, -0.05) is 17.7 Å². The van der Waals surface area contributed by atoms with E-state index in [1.165, 1.54) is 4.88 Å². The molecule has 0 radical (unpaired) electrons. The Balaban J connectivity index is 1.86. The Morgan fingerprint density at radius 2 is 2.32 bits per heavy atom. The number of halogens is 1. The van der Waals surface area contributed by atoms with Gasteiger partial charge < -0.3 is 10.6 Å². The van der Waals surface area contributed by atoms with E-state index in [4.69, 9.17) is 11.6 Å². The van der Waals surface area contributed by atoms with E-state index in [0.29, 0.717) is 11.4 Å². The van der Waals surface area contributed by atoms with Crippen LogP contribution in [-0.2, 0) is 11.2 Å². The number of rotatable bonds is 3. The molecular formula is C14H13ClN2OS. The number of carbonyl (C=O) groups excluding carboxylic acids is 1. The van der Waals surface area contributed by atoms with Crippen molar-refractivity contribution in [1.82, 2.24) is 0 Å². The highest BCUT2D eigenvalue weighted by Gasteiger charge is 2.20. The lowest BCUT2D eigenvalue weighted by atomic mass is 10.1. The average Bonchev–Trinajstić information content (AvgIpc) is 2.97. The van der Waals surface area contributed by atoms with Gasteiger partial charge in [0.2, 0.25) is 5.91 Å². The van der Waals surface area contributed by atoms with E-state index in [2.05, 4.69) is 29.0 Å². The van der Waals surface area contributed by atoms with Crippen LogP contribution in [0.3, 0.4) is 0 Å². The van der Waals surface area contributed by atoms with Gasteiger partial charge in [0.15, 0.2) is 0 Å². The second-order valence-corrected chi connectivity index (χ2v) is 5.98. The minimum Gasteiger partial charge on any atom is -0.376 e. The first-order chi connectivity index (χ1) is 9.13. The van der Waals surface area contributed by atoms with Crippen molar-refractivity contribution < 1.29 is 4.79 Å². The van der Waals surface area contributed by atoms with Crippen LogP contribution in [0.25, 0.3) is 0 Å². The first-order valence-corrected chi connectivity index (χ1v) is 7.31. The number of thiophene rings is 1. The van der Waals surface area contributed by atoms with Crippen molar-refractivity contribution in [3.05, 3.63) is 45.1 Å².